The predicted molar refractivity (Wildman–Crippen MR) is 80.3 cm³/mol. The van der Waals surface area contributed by atoms with Crippen LogP contribution in [0.15, 0.2) is 30.9 Å². The first-order valence-electron chi connectivity index (χ1n) is 6.08. The van der Waals surface area contributed by atoms with Crippen LogP contribution in [-0.2, 0) is 19.7 Å². The minimum absolute atomic E-state index is 0.142. The number of rotatable bonds is 7. The fraction of sp³-hybridized carbons (Fsp3) is 0.333. The van der Waals surface area contributed by atoms with E-state index < -0.39 is 5.41 Å². The fourth-order valence-electron chi connectivity index (χ4n) is 2.03. The third-order valence-electron chi connectivity index (χ3n) is 3.23. The molecule has 1 atom stereocenters. The molecule has 0 N–H and O–H groups in total. The predicted octanol–water partition coefficient (Wildman–Crippen LogP) is 3.96. The van der Waals surface area contributed by atoms with Gasteiger partial charge in [-0.15, -0.1) is 6.58 Å². The SMILES string of the molecule is C=CCC(C=O)(CCC(=O)OC)c1ccc(Cl)c(Cl)c1. The molecule has 0 radical (unpaired) electrons. The second kappa shape index (κ2) is 7.46. The Morgan fingerprint density at radius 2 is 2.10 bits per heavy atom. The van der Waals surface area contributed by atoms with Gasteiger partial charge >= 0.3 is 5.97 Å². The van der Waals surface area contributed by atoms with Crippen LogP contribution >= 0.6 is 23.2 Å². The van der Waals surface area contributed by atoms with Crippen LogP contribution in [0.4, 0.5) is 0 Å². The fourth-order valence-corrected chi connectivity index (χ4v) is 2.33. The Balaban J connectivity index is 3.14. The third-order valence-corrected chi connectivity index (χ3v) is 3.97. The van der Waals surface area contributed by atoms with Gasteiger partial charge in [0.2, 0.25) is 0 Å². The maximum Gasteiger partial charge on any atom is 0.305 e. The number of benzene rings is 1. The topological polar surface area (TPSA) is 43.4 Å². The summed E-state index contributed by atoms with van der Waals surface area (Å²) in [7, 11) is 1.32. The summed E-state index contributed by atoms with van der Waals surface area (Å²) in [5, 5.41) is 0.791. The first-order chi connectivity index (χ1) is 9.49. The molecule has 0 aromatic heterocycles. The standard InChI is InChI=1S/C15H16Cl2O3/c1-3-7-15(10-18,8-6-14(19)20-2)11-4-5-12(16)13(17)9-11/h3-5,9-10H,1,6-8H2,2H3. The van der Waals surface area contributed by atoms with Gasteiger partial charge in [-0.3, -0.25) is 4.79 Å². The van der Waals surface area contributed by atoms with Crippen LogP contribution in [-0.4, -0.2) is 19.4 Å². The smallest absolute Gasteiger partial charge is 0.305 e. The van der Waals surface area contributed by atoms with Crippen molar-refractivity contribution in [3.05, 3.63) is 46.5 Å². The van der Waals surface area contributed by atoms with Gasteiger partial charge in [0.15, 0.2) is 0 Å². The number of methoxy groups -OCH3 is 1. The van der Waals surface area contributed by atoms with E-state index in [-0.39, 0.29) is 12.4 Å². The van der Waals surface area contributed by atoms with Gasteiger partial charge in [0.25, 0.3) is 0 Å². The molecular formula is C15H16Cl2O3. The molecule has 3 nitrogen and oxygen atoms in total. The van der Waals surface area contributed by atoms with Crippen molar-refractivity contribution in [3.63, 3.8) is 0 Å². The van der Waals surface area contributed by atoms with Crippen molar-refractivity contribution in [2.75, 3.05) is 7.11 Å². The molecule has 0 fully saturated rings. The van der Waals surface area contributed by atoms with Gasteiger partial charge in [0, 0.05) is 6.42 Å². The van der Waals surface area contributed by atoms with Crippen LogP contribution in [0.25, 0.3) is 0 Å². The van der Waals surface area contributed by atoms with Gasteiger partial charge in [-0.05, 0) is 30.5 Å². The van der Waals surface area contributed by atoms with E-state index in [0.717, 1.165) is 6.29 Å². The zero-order valence-corrected chi connectivity index (χ0v) is 12.7. The number of halogens is 2. The first-order valence-corrected chi connectivity index (χ1v) is 6.84. The molecule has 0 bridgehead atoms. The average molecular weight is 315 g/mol. The number of aldehydes is 1. The van der Waals surface area contributed by atoms with E-state index in [1.807, 2.05) is 0 Å². The van der Waals surface area contributed by atoms with Crippen molar-refractivity contribution < 1.29 is 14.3 Å². The number of hydrogen-bond donors (Lipinski definition) is 0. The van der Waals surface area contributed by atoms with E-state index in [1.165, 1.54) is 7.11 Å². The maximum atomic E-state index is 11.6. The van der Waals surface area contributed by atoms with Gasteiger partial charge in [0.1, 0.15) is 6.29 Å². The molecule has 1 rings (SSSR count). The molecule has 0 aliphatic carbocycles. The molecule has 0 heterocycles. The summed E-state index contributed by atoms with van der Waals surface area (Å²) in [6.07, 6.45) is 3.35. The zero-order valence-electron chi connectivity index (χ0n) is 11.2. The summed E-state index contributed by atoms with van der Waals surface area (Å²) in [6.45, 7) is 3.67. The van der Waals surface area contributed by atoms with Crippen molar-refractivity contribution in [1.29, 1.82) is 0 Å². The summed E-state index contributed by atoms with van der Waals surface area (Å²) < 4.78 is 4.62. The summed E-state index contributed by atoms with van der Waals surface area (Å²) in [6, 6.07) is 5.03. The highest BCUT2D eigenvalue weighted by atomic mass is 35.5. The molecule has 0 saturated heterocycles. The number of esters is 1. The number of allylic oxidation sites excluding steroid dienone is 1. The van der Waals surface area contributed by atoms with Crippen molar-refractivity contribution in [2.45, 2.75) is 24.7 Å². The third kappa shape index (κ3) is 3.84. The van der Waals surface area contributed by atoms with Crippen LogP contribution in [0.5, 0.6) is 0 Å². The number of carbonyl (C=O) groups is 2. The minimum atomic E-state index is -0.843. The molecule has 0 aliphatic rings. The number of hydrogen-bond acceptors (Lipinski definition) is 3. The van der Waals surface area contributed by atoms with Crippen LogP contribution in [0, 0.1) is 0 Å². The zero-order chi connectivity index (χ0) is 15.2. The van der Waals surface area contributed by atoms with Crippen molar-refractivity contribution in [2.24, 2.45) is 0 Å². The molecule has 0 spiro atoms. The van der Waals surface area contributed by atoms with Crippen molar-refractivity contribution in [3.8, 4) is 0 Å². The normalized spacial score (nSPS) is 13.3. The van der Waals surface area contributed by atoms with Crippen LogP contribution in [0.1, 0.15) is 24.8 Å². The Morgan fingerprint density at radius 3 is 2.60 bits per heavy atom. The van der Waals surface area contributed by atoms with Gasteiger partial charge < -0.3 is 9.53 Å². The Hall–Kier alpha value is -1.32. The highest BCUT2D eigenvalue weighted by Gasteiger charge is 2.32. The first kappa shape index (κ1) is 16.7. The summed E-state index contributed by atoms with van der Waals surface area (Å²) >= 11 is 11.9. The van der Waals surface area contributed by atoms with E-state index in [2.05, 4.69) is 11.3 Å². The lowest BCUT2D eigenvalue weighted by atomic mass is 9.75. The highest BCUT2D eigenvalue weighted by molar-refractivity contribution is 6.42. The minimum Gasteiger partial charge on any atom is -0.469 e. The molecule has 20 heavy (non-hydrogen) atoms. The Bertz CT molecular complexity index is 514. The lowest BCUT2D eigenvalue weighted by Crippen LogP contribution is -2.28. The van der Waals surface area contributed by atoms with E-state index in [4.69, 9.17) is 23.2 Å². The van der Waals surface area contributed by atoms with E-state index in [0.29, 0.717) is 28.5 Å². The Kier molecular flexibility index (Phi) is 6.24. The quantitative estimate of drug-likeness (QED) is 0.434. The van der Waals surface area contributed by atoms with Gasteiger partial charge in [-0.25, -0.2) is 0 Å². The van der Waals surface area contributed by atoms with Crippen LogP contribution < -0.4 is 0 Å². The van der Waals surface area contributed by atoms with Gasteiger partial charge in [-0.2, -0.15) is 0 Å². The average Bonchev–Trinajstić information content (AvgIpc) is 2.46. The van der Waals surface area contributed by atoms with E-state index >= 15 is 0 Å². The highest BCUT2D eigenvalue weighted by Crippen LogP contribution is 2.35. The molecular weight excluding hydrogens is 299 g/mol. The summed E-state index contributed by atoms with van der Waals surface area (Å²) in [5.74, 6) is -0.361. The molecule has 0 aliphatic heterocycles. The lowest BCUT2D eigenvalue weighted by molar-refractivity contribution is -0.141. The monoisotopic (exact) mass is 314 g/mol. The van der Waals surface area contributed by atoms with Crippen LogP contribution in [0.2, 0.25) is 10.0 Å². The molecule has 5 heteroatoms. The Labute approximate surface area is 128 Å². The van der Waals surface area contributed by atoms with Gasteiger partial charge in [-0.1, -0.05) is 35.3 Å². The molecule has 1 aromatic carbocycles. The summed E-state index contributed by atoms with van der Waals surface area (Å²) in [4.78, 5) is 23.0. The second-order valence-electron chi connectivity index (χ2n) is 4.47. The molecule has 1 aromatic rings. The Morgan fingerprint density at radius 1 is 1.40 bits per heavy atom. The molecule has 0 amide bonds. The molecule has 108 valence electrons. The van der Waals surface area contributed by atoms with Crippen molar-refractivity contribution >= 4 is 35.5 Å². The largest absolute Gasteiger partial charge is 0.469 e. The number of ether oxygens (including phenoxy) is 1. The van der Waals surface area contributed by atoms with Gasteiger partial charge in [0.05, 0.1) is 22.6 Å². The van der Waals surface area contributed by atoms with E-state index in [9.17, 15) is 9.59 Å². The molecule has 1 unspecified atom stereocenters. The summed E-state index contributed by atoms with van der Waals surface area (Å²) in [5.41, 5.74) is -0.129. The number of carbonyl (C=O) groups excluding carboxylic acids is 2. The van der Waals surface area contributed by atoms with Crippen LogP contribution in [0.3, 0.4) is 0 Å². The van der Waals surface area contributed by atoms with Crippen molar-refractivity contribution in [1.82, 2.24) is 0 Å². The molecule has 0 saturated carbocycles. The lowest BCUT2D eigenvalue weighted by Gasteiger charge is -2.27. The maximum absolute atomic E-state index is 11.6. The van der Waals surface area contributed by atoms with E-state index in [1.54, 1.807) is 24.3 Å². The second-order valence-corrected chi connectivity index (χ2v) is 5.29.